The molecule has 0 N–H and O–H groups in total. The van der Waals surface area contributed by atoms with Crippen molar-refractivity contribution in [3.63, 3.8) is 0 Å². The Morgan fingerprint density at radius 1 is 0.793 bits per heavy atom. The highest BCUT2D eigenvalue weighted by Crippen LogP contribution is 2.14. The molecule has 1 aromatic rings. The second-order valence-corrected chi connectivity index (χ2v) is 7.62. The highest BCUT2D eigenvalue weighted by molar-refractivity contribution is 5.91. The predicted octanol–water partition coefficient (Wildman–Crippen LogP) is 6.50. The molecule has 5 heteroatoms. The Bertz CT molecular complexity index is 588. The molecule has 0 bridgehead atoms. The van der Waals surface area contributed by atoms with Gasteiger partial charge in [0.1, 0.15) is 17.5 Å². The normalized spacial score (nSPS) is 11.8. The van der Waals surface area contributed by atoms with Crippen molar-refractivity contribution in [2.75, 3.05) is 6.61 Å². The molecule has 1 heterocycles. The molecule has 1 unspecified atom stereocenters. The van der Waals surface area contributed by atoms with Crippen LogP contribution in [-0.2, 0) is 9.47 Å². The van der Waals surface area contributed by atoms with Gasteiger partial charge in [-0.2, -0.15) is 0 Å². The summed E-state index contributed by atoms with van der Waals surface area (Å²) in [5.74, 6) is -0.956. The molecule has 1 atom stereocenters. The number of carbonyl (C=O) groups excluding carboxylic acids is 2. The van der Waals surface area contributed by atoms with Gasteiger partial charge in [-0.15, -0.1) is 0 Å². The van der Waals surface area contributed by atoms with Crippen LogP contribution >= 0.6 is 0 Å². The van der Waals surface area contributed by atoms with Crippen LogP contribution in [-0.4, -0.2) is 29.6 Å². The first kappa shape index (κ1) is 25.1. The highest BCUT2D eigenvalue weighted by Gasteiger charge is 2.18. The van der Waals surface area contributed by atoms with Crippen LogP contribution < -0.4 is 0 Å². The van der Waals surface area contributed by atoms with E-state index in [0.717, 1.165) is 44.9 Å². The molecule has 1 rings (SSSR count). The molecule has 0 aliphatic carbocycles. The topological polar surface area (TPSA) is 65.5 Å². The van der Waals surface area contributed by atoms with Gasteiger partial charge in [-0.3, -0.25) is 0 Å². The quantitative estimate of drug-likeness (QED) is 0.232. The average Bonchev–Trinajstić information content (AvgIpc) is 2.74. The molecule has 0 spiro atoms. The largest absolute Gasteiger partial charge is 0.461 e. The zero-order valence-corrected chi connectivity index (χ0v) is 18.6. The molecule has 0 saturated heterocycles. The molecular formula is C24H39NO4. The molecule has 29 heavy (non-hydrogen) atoms. The Labute approximate surface area is 176 Å². The van der Waals surface area contributed by atoms with Gasteiger partial charge >= 0.3 is 11.9 Å². The summed E-state index contributed by atoms with van der Waals surface area (Å²) in [6, 6.07) is 4.80. The molecule has 0 aliphatic heterocycles. The van der Waals surface area contributed by atoms with Gasteiger partial charge in [-0.25, -0.2) is 14.6 Å². The first-order chi connectivity index (χ1) is 14.1. The predicted molar refractivity (Wildman–Crippen MR) is 116 cm³/mol. The van der Waals surface area contributed by atoms with E-state index in [1.165, 1.54) is 32.1 Å². The number of pyridine rings is 1. The lowest BCUT2D eigenvalue weighted by atomic mass is 10.1. The van der Waals surface area contributed by atoms with E-state index in [4.69, 9.17) is 9.47 Å². The van der Waals surface area contributed by atoms with Gasteiger partial charge in [0, 0.05) is 0 Å². The van der Waals surface area contributed by atoms with E-state index in [9.17, 15) is 9.59 Å². The Kier molecular flexibility index (Phi) is 13.8. The first-order valence-electron chi connectivity index (χ1n) is 11.5. The van der Waals surface area contributed by atoms with E-state index >= 15 is 0 Å². The smallest absolute Gasteiger partial charge is 0.357 e. The van der Waals surface area contributed by atoms with Gasteiger partial charge in [0.15, 0.2) is 0 Å². The molecule has 0 aromatic carbocycles. The zero-order chi connectivity index (χ0) is 21.3. The van der Waals surface area contributed by atoms with Crippen LogP contribution in [0.2, 0.25) is 0 Å². The lowest BCUT2D eigenvalue weighted by molar-refractivity contribution is 0.0247. The number of hydrogen-bond donors (Lipinski definition) is 0. The van der Waals surface area contributed by atoms with Crippen molar-refractivity contribution in [1.82, 2.24) is 4.98 Å². The third-order valence-electron chi connectivity index (χ3n) is 4.91. The van der Waals surface area contributed by atoms with Gasteiger partial charge in [0.05, 0.1) is 6.61 Å². The van der Waals surface area contributed by atoms with Crippen LogP contribution in [0.4, 0.5) is 0 Å². The molecule has 0 radical (unpaired) electrons. The number of nitrogens with zero attached hydrogens (tertiary/aromatic N) is 1. The maximum absolute atomic E-state index is 12.4. The minimum absolute atomic E-state index is 0.0952. The molecule has 0 saturated carbocycles. The second kappa shape index (κ2) is 15.9. The lowest BCUT2D eigenvalue weighted by Gasteiger charge is -2.16. The Hall–Kier alpha value is -1.91. The van der Waals surface area contributed by atoms with Crippen molar-refractivity contribution in [1.29, 1.82) is 0 Å². The number of unbranched alkanes of at least 4 members (excludes halogenated alkanes) is 7. The third-order valence-corrected chi connectivity index (χ3v) is 4.91. The lowest BCUT2D eigenvalue weighted by Crippen LogP contribution is -2.20. The van der Waals surface area contributed by atoms with Gasteiger partial charge in [-0.05, 0) is 31.4 Å². The van der Waals surface area contributed by atoms with Crippen LogP contribution in [0.5, 0.6) is 0 Å². The summed E-state index contributed by atoms with van der Waals surface area (Å²) in [5.41, 5.74) is 0.316. The molecule has 1 aromatic heterocycles. The van der Waals surface area contributed by atoms with Crippen LogP contribution in [0.1, 0.15) is 119 Å². The molecule has 5 nitrogen and oxygen atoms in total. The zero-order valence-electron chi connectivity index (χ0n) is 18.6. The molecule has 0 fully saturated rings. The van der Waals surface area contributed by atoms with Crippen molar-refractivity contribution in [2.24, 2.45) is 0 Å². The van der Waals surface area contributed by atoms with E-state index in [0.29, 0.717) is 6.61 Å². The number of aromatic nitrogens is 1. The van der Waals surface area contributed by atoms with Crippen molar-refractivity contribution in [3.8, 4) is 0 Å². The van der Waals surface area contributed by atoms with Crippen LogP contribution in [0.15, 0.2) is 18.2 Å². The van der Waals surface area contributed by atoms with E-state index < -0.39 is 11.9 Å². The summed E-state index contributed by atoms with van der Waals surface area (Å²) in [5, 5.41) is 0. The Balaban J connectivity index is 2.45. The fraction of sp³-hybridized carbons (Fsp3) is 0.708. The average molecular weight is 406 g/mol. The number of esters is 2. The molecule has 0 aliphatic rings. The maximum Gasteiger partial charge on any atom is 0.357 e. The number of ether oxygens (including phenoxy) is 2. The van der Waals surface area contributed by atoms with Crippen LogP contribution in [0.3, 0.4) is 0 Å². The summed E-state index contributed by atoms with van der Waals surface area (Å²) in [6.45, 7) is 6.79. The van der Waals surface area contributed by atoms with E-state index in [2.05, 4.69) is 25.8 Å². The SMILES string of the molecule is CCCCCCCCCOC(=O)c1cccc(C(=O)OC(CCC)CCCC)n1. The number of rotatable bonds is 16. The maximum atomic E-state index is 12.4. The minimum atomic E-state index is -0.485. The van der Waals surface area contributed by atoms with Crippen molar-refractivity contribution >= 4 is 11.9 Å². The summed E-state index contributed by atoms with van der Waals surface area (Å²) in [7, 11) is 0. The molecule has 0 amide bonds. The summed E-state index contributed by atoms with van der Waals surface area (Å²) >= 11 is 0. The monoisotopic (exact) mass is 405 g/mol. The van der Waals surface area contributed by atoms with E-state index in [-0.39, 0.29) is 17.5 Å². The van der Waals surface area contributed by atoms with E-state index in [1.54, 1.807) is 18.2 Å². The fourth-order valence-corrected chi connectivity index (χ4v) is 3.19. The summed E-state index contributed by atoms with van der Waals surface area (Å²) in [4.78, 5) is 28.8. The molecule has 164 valence electrons. The van der Waals surface area contributed by atoms with Gasteiger partial charge in [0.2, 0.25) is 0 Å². The van der Waals surface area contributed by atoms with Crippen molar-refractivity contribution < 1.29 is 19.1 Å². The van der Waals surface area contributed by atoms with Crippen LogP contribution in [0, 0.1) is 0 Å². The van der Waals surface area contributed by atoms with Gasteiger partial charge in [0.25, 0.3) is 0 Å². The first-order valence-corrected chi connectivity index (χ1v) is 11.5. The molecular weight excluding hydrogens is 366 g/mol. The number of carbonyl (C=O) groups is 2. The highest BCUT2D eigenvalue weighted by atomic mass is 16.5. The standard InChI is InChI=1S/C24H39NO4/c1-4-7-9-10-11-12-13-19-28-23(26)21-17-14-18-22(25-21)24(27)29-20(15-6-3)16-8-5-2/h14,17-18,20H,4-13,15-16,19H2,1-3H3. The second-order valence-electron chi connectivity index (χ2n) is 7.62. The summed E-state index contributed by atoms with van der Waals surface area (Å²) in [6.07, 6.45) is 12.8. The Morgan fingerprint density at radius 2 is 1.41 bits per heavy atom. The van der Waals surface area contributed by atoms with Gasteiger partial charge in [-0.1, -0.05) is 84.6 Å². The number of hydrogen-bond acceptors (Lipinski definition) is 5. The fourth-order valence-electron chi connectivity index (χ4n) is 3.19. The van der Waals surface area contributed by atoms with Crippen LogP contribution in [0.25, 0.3) is 0 Å². The van der Waals surface area contributed by atoms with E-state index in [1.807, 2.05) is 0 Å². The third kappa shape index (κ3) is 11.0. The van der Waals surface area contributed by atoms with Crippen molar-refractivity contribution in [3.05, 3.63) is 29.6 Å². The van der Waals surface area contributed by atoms with Crippen molar-refractivity contribution in [2.45, 2.75) is 104 Å². The van der Waals surface area contributed by atoms with Gasteiger partial charge < -0.3 is 9.47 Å². The minimum Gasteiger partial charge on any atom is -0.461 e. The Morgan fingerprint density at radius 3 is 2.07 bits per heavy atom. The summed E-state index contributed by atoms with van der Waals surface area (Å²) < 4.78 is 10.9.